The lowest BCUT2D eigenvalue weighted by molar-refractivity contribution is -0.553. The van der Waals surface area contributed by atoms with Crippen LogP contribution in [-0.4, -0.2) is 19.0 Å². The van der Waals surface area contributed by atoms with Gasteiger partial charge in [-0.05, 0) is 18.2 Å². The summed E-state index contributed by atoms with van der Waals surface area (Å²) >= 11 is 5.89. The van der Waals surface area contributed by atoms with Crippen LogP contribution in [0.1, 0.15) is 6.42 Å². The van der Waals surface area contributed by atoms with E-state index >= 15 is 0 Å². The van der Waals surface area contributed by atoms with Gasteiger partial charge >= 0.3 is 0 Å². The van der Waals surface area contributed by atoms with Crippen molar-refractivity contribution in [3.63, 3.8) is 0 Å². The molecular formula is C12H12ClN3O4S. The fraction of sp³-hybridized carbons (Fsp3) is 0.167. The summed E-state index contributed by atoms with van der Waals surface area (Å²) in [6, 6.07) is 8.22. The highest BCUT2D eigenvalue weighted by atomic mass is 35.5. The van der Waals surface area contributed by atoms with E-state index in [0.29, 0.717) is 5.69 Å². The Hall–Kier alpha value is -1.90. The van der Waals surface area contributed by atoms with Gasteiger partial charge in [-0.1, -0.05) is 29.8 Å². The molecule has 0 bridgehead atoms. The summed E-state index contributed by atoms with van der Waals surface area (Å²) in [6.45, 7) is 0. The zero-order valence-corrected chi connectivity index (χ0v) is 12.3. The first-order valence-corrected chi connectivity index (χ1v) is 7.70. The summed E-state index contributed by atoms with van der Waals surface area (Å²) in [5.74, 6) is 0. The Labute approximate surface area is 126 Å². The number of nitro groups is 1. The number of nitrogens with two attached hydrogens (primary N) is 1. The SMILES string of the molecule is NC1([N+](=O)[O-])C=CC(S(=O)(=O)Nc2ccccc2)=C(Cl)C1. The number of allylic oxidation sites excluding steroid dienone is 1. The van der Waals surface area contributed by atoms with Crippen molar-refractivity contribution in [1.82, 2.24) is 0 Å². The van der Waals surface area contributed by atoms with Crippen LogP contribution in [0, 0.1) is 10.1 Å². The summed E-state index contributed by atoms with van der Waals surface area (Å²) < 4.78 is 26.8. The molecule has 0 aromatic heterocycles. The van der Waals surface area contributed by atoms with Crippen molar-refractivity contribution in [2.75, 3.05) is 4.72 Å². The van der Waals surface area contributed by atoms with Crippen LogP contribution in [-0.2, 0) is 10.0 Å². The van der Waals surface area contributed by atoms with Crippen LogP contribution in [0.3, 0.4) is 0 Å². The molecule has 0 saturated heterocycles. The summed E-state index contributed by atoms with van der Waals surface area (Å²) in [6.07, 6.45) is 1.70. The minimum Gasteiger partial charge on any atom is -0.280 e. The van der Waals surface area contributed by atoms with Crippen LogP contribution in [0.25, 0.3) is 0 Å². The van der Waals surface area contributed by atoms with Gasteiger partial charge in [-0.2, -0.15) is 0 Å². The number of nitrogens with zero attached hydrogens (tertiary/aromatic N) is 1. The van der Waals surface area contributed by atoms with Crippen LogP contribution in [0.5, 0.6) is 0 Å². The predicted octanol–water partition coefficient (Wildman–Crippen LogP) is 1.77. The first-order valence-electron chi connectivity index (χ1n) is 5.84. The topological polar surface area (TPSA) is 115 Å². The number of halogens is 1. The first kappa shape index (κ1) is 15.5. The van der Waals surface area contributed by atoms with Crippen LogP contribution in [0.4, 0.5) is 5.69 Å². The normalized spacial score (nSPS) is 22.2. The summed E-state index contributed by atoms with van der Waals surface area (Å²) in [4.78, 5) is 9.92. The van der Waals surface area contributed by atoms with Crippen molar-refractivity contribution in [2.24, 2.45) is 5.73 Å². The lowest BCUT2D eigenvalue weighted by Crippen LogP contribution is -2.47. The number of anilines is 1. The van der Waals surface area contributed by atoms with Gasteiger partial charge in [-0.15, -0.1) is 0 Å². The van der Waals surface area contributed by atoms with E-state index in [0.717, 1.165) is 12.2 Å². The van der Waals surface area contributed by atoms with Gasteiger partial charge in [0.1, 0.15) is 4.91 Å². The quantitative estimate of drug-likeness (QED) is 0.496. The zero-order valence-electron chi connectivity index (χ0n) is 10.7. The Bertz CT molecular complexity index is 730. The fourth-order valence-electron chi connectivity index (χ4n) is 1.78. The minimum atomic E-state index is -3.93. The molecule has 1 unspecified atom stereocenters. The highest BCUT2D eigenvalue weighted by molar-refractivity contribution is 7.96. The molecule has 1 atom stereocenters. The number of para-hydroxylation sites is 1. The van der Waals surface area contributed by atoms with E-state index in [2.05, 4.69) is 4.72 Å². The third kappa shape index (κ3) is 3.23. The molecule has 9 heteroatoms. The third-order valence-electron chi connectivity index (χ3n) is 2.88. The van der Waals surface area contributed by atoms with E-state index in [-0.39, 0.29) is 16.4 Å². The number of rotatable bonds is 4. The molecule has 0 heterocycles. The zero-order chi connectivity index (χ0) is 15.7. The van der Waals surface area contributed by atoms with Crippen molar-refractivity contribution in [3.8, 4) is 0 Å². The molecule has 2 rings (SSSR count). The Morgan fingerprint density at radius 2 is 1.95 bits per heavy atom. The first-order chi connectivity index (χ1) is 9.74. The highest BCUT2D eigenvalue weighted by Crippen LogP contribution is 2.31. The molecule has 0 fully saturated rings. The highest BCUT2D eigenvalue weighted by Gasteiger charge is 2.41. The Morgan fingerprint density at radius 1 is 1.33 bits per heavy atom. The van der Waals surface area contributed by atoms with E-state index in [1.807, 2.05) is 0 Å². The molecular weight excluding hydrogens is 318 g/mol. The number of sulfonamides is 1. The Kier molecular flexibility index (Phi) is 4.04. The third-order valence-corrected chi connectivity index (χ3v) is 4.80. The molecule has 0 spiro atoms. The van der Waals surface area contributed by atoms with Gasteiger partial charge in [-0.3, -0.25) is 20.6 Å². The number of hydrogen-bond donors (Lipinski definition) is 2. The lowest BCUT2D eigenvalue weighted by Gasteiger charge is -2.21. The Morgan fingerprint density at radius 3 is 2.48 bits per heavy atom. The summed E-state index contributed by atoms with van der Waals surface area (Å²) in [7, 11) is -3.93. The average molecular weight is 330 g/mol. The van der Waals surface area contributed by atoms with Crippen molar-refractivity contribution in [1.29, 1.82) is 0 Å². The lowest BCUT2D eigenvalue weighted by atomic mass is 10.0. The van der Waals surface area contributed by atoms with Gasteiger partial charge in [0.15, 0.2) is 0 Å². The standard InChI is InChI=1S/C12H12ClN3O4S/c13-10-8-12(14,16(17)18)7-6-11(10)21(19,20)15-9-4-2-1-3-5-9/h1-7,15H,8,14H2. The number of benzene rings is 1. The molecule has 1 aromatic carbocycles. The van der Waals surface area contributed by atoms with Crippen LogP contribution in [0.2, 0.25) is 0 Å². The van der Waals surface area contributed by atoms with Gasteiger partial charge in [0.2, 0.25) is 0 Å². The molecule has 21 heavy (non-hydrogen) atoms. The molecule has 1 aromatic rings. The maximum absolute atomic E-state index is 12.2. The second-order valence-corrected chi connectivity index (χ2v) is 6.61. The minimum absolute atomic E-state index is 0.180. The average Bonchev–Trinajstić information content (AvgIpc) is 2.38. The second-order valence-electron chi connectivity index (χ2n) is 4.50. The molecule has 3 N–H and O–H groups in total. The molecule has 0 amide bonds. The van der Waals surface area contributed by atoms with Gasteiger partial charge < -0.3 is 0 Å². The smallest absolute Gasteiger partial charge is 0.280 e. The maximum atomic E-state index is 12.2. The van der Waals surface area contributed by atoms with E-state index < -0.39 is 20.6 Å². The maximum Gasteiger partial charge on any atom is 0.296 e. The molecule has 1 aliphatic carbocycles. The summed E-state index contributed by atoms with van der Waals surface area (Å²) in [5, 5.41) is 10.7. The van der Waals surface area contributed by atoms with Crippen molar-refractivity contribution < 1.29 is 13.3 Å². The predicted molar refractivity (Wildman–Crippen MR) is 79.5 cm³/mol. The van der Waals surface area contributed by atoms with Crippen molar-refractivity contribution in [2.45, 2.75) is 12.1 Å². The molecule has 0 aliphatic heterocycles. The largest absolute Gasteiger partial charge is 0.296 e. The van der Waals surface area contributed by atoms with Gasteiger partial charge in [0.05, 0.1) is 6.42 Å². The van der Waals surface area contributed by atoms with Crippen LogP contribution in [0.15, 0.2) is 52.4 Å². The van der Waals surface area contributed by atoms with E-state index in [9.17, 15) is 18.5 Å². The van der Waals surface area contributed by atoms with Crippen molar-refractivity contribution in [3.05, 3.63) is 62.5 Å². The molecule has 112 valence electrons. The van der Waals surface area contributed by atoms with Crippen LogP contribution < -0.4 is 10.5 Å². The number of nitrogens with one attached hydrogen (secondary N) is 1. The van der Waals surface area contributed by atoms with E-state index in [1.165, 1.54) is 0 Å². The monoisotopic (exact) mass is 329 g/mol. The molecule has 0 saturated carbocycles. The van der Waals surface area contributed by atoms with Crippen molar-refractivity contribution >= 4 is 27.3 Å². The van der Waals surface area contributed by atoms with Gasteiger partial charge in [0, 0.05) is 21.7 Å². The molecule has 0 radical (unpaired) electrons. The molecule has 1 aliphatic rings. The second kappa shape index (κ2) is 5.47. The molecule has 7 nitrogen and oxygen atoms in total. The van der Waals surface area contributed by atoms with E-state index in [1.54, 1.807) is 30.3 Å². The fourth-order valence-corrected chi connectivity index (χ4v) is 3.53. The van der Waals surface area contributed by atoms with Gasteiger partial charge in [-0.25, -0.2) is 8.42 Å². The summed E-state index contributed by atoms with van der Waals surface area (Å²) in [5.41, 5.74) is 4.01. The number of hydrogen-bond acceptors (Lipinski definition) is 5. The van der Waals surface area contributed by atoms with E-state index in [4.69, 9.17) is 17.3 Å². The Balaban J connectivity index is 2.30. The van der Waals surface area contributed by atoms with Crippen LogP contribution >= 0.6 is 11.6 Å². The van der Waals surface area contributed by atoms with Gasteiger partial charge in [0.25, 0.3) is 15.7 Å².